The van der Waals surface area contributed by atoms with E-state index in [0.29, 0.717) is 19.6 Å². The third kappa shape index (κ3) is 5.34. The van der Waals surface area contributed by atoms with Crippen LogP contribution in [0, 0.1) is 5.92 Å². The van der Waals surface area contributed by atoms with Crippen molar-refractivity contribution < 1.29 is 18.0 Å². The molecule has 0 aromatic heterocycles. The van der Waals surface area contributed by atoms with E-state index in [2.05, 4.69) is 0 Å². The molecule has 0 spiro atoms. The topological polar surface area (TPSA) is 78.0 Å². The molecule has 2 amide bonds. The SMILES string of the molecule is CC(c1ccccc1)N1CC(C(=O)N2CCN(S(=O)(=O)C=Cc3ccccc3)CC2)CC1=O. The van der Waals surface area contributed by atoms with E-state index in [1.165, 1.54) is 9.71 Å². The van der Waals surface area contributed by atoms with Crippen molar-refractivity contribution in [2.45, 2.75) is 19.4 Å². The zero-order valence-corrected chi connectivity index (χ0v) is 19.5. The molecule has 4 rings (SSSR count). The first-order chi connectivity index (χ1) is 15.8. The number of piperazine rings is 1. The lowest BCUT2D eigenvalue weighted by Gasteiger charge is -2.34. The Balaban J connectivity index is 1.33. The fraction of sp³-hybridized carbons (Fsp3) is 0.360. The van der Waals surface area contributed by atoms with Crippen molar-refractivity contribution in [1.82, 2.24) is 14.1 Å². The van der Waals surface area contributed by atoms with E-state index < -0.39 is 10.0 Å². The van der Waals surface area contributed by atoms with Crippen LogP contribution < -0.4 is 0 Å². The number of carbonyl (C=O) groups excluding carboxylic acids is 2. The minimum atomic E-state index is -3.56. The summed E-state index contributed by atoms with van der Waals surface area (Å²) in [6.45, 7) is 3.53. The van der Waals surface area contributed by atoms with Gasteiger partial charge >= 0.3 is 0 Å². The third-order valence-corrected chi connectivity index (χ3v) is 7.96. The van der Waals surface area contributed by atoms with Crippen LogP contribution in [-0.4, -0.2) is 67.1 Å². The zero-order valence-electron chi connectivity index (χ0n) is 18.7. The van der Waals surface area contributed by atoms with Gasteiger partial charge in [0.25, 0.3) is 0 Å². The number of carbonyl (C=O) groups is 2. The van der Waals surface area contributed by atoms with Gasteiger partial charge in [0.15, 0.2) is 0 Å². The smallest absolute Gasteiger partial charge is 0.236 e. The number of amides is 2. The Hall–Kier alpha value is -2.97. The molecule has 2 heterocycles. The fourth-order valence-corrected chi connectivity index (χ4v) is 5.59. The molecule has 7 nitrogen and oxygen atoms in total. The molecule has 0 saturated carbocycles. The van der Waals surface area contributed by atoms with E-state index in [-0.39, 0.29) is 43.3 Å². The second-order valence-corrected chi connectivity index (χ2v) is 10.3. The van der Waals surface area contributed by atoms with Crippen LogP contribution in [0.1, 0.15) is 30.5 Å². The van der Waals surface area contributed by atoms with Gasteiger partial charge in [-0.05, 0) is 24.1 Å². The first kappa shape index (κ1) is 23.2. The van der Waals surface area contributed by atoms with Crippen molar-refractivity contribution in [1.29, 1.82) is 0 Å². The highest BCUT2D eigenvalue weighted by molar-refractivity contribution is 7.92. The Morgan fingerprint density at radius 1 is 0.970 bits per heavy atom. The van der Waals surface area contributed by atoms with Crippen LogP contribution in [0.5, 0.6) is 0 Å². The lowest BCUT2D eigenvalue weighted by atomic mass is 10.1. The molecule has 2 fully saturated rings. The van der Waals surface area contributed by atoms with Crippen LogP contribution in [0.2, 0.25) is 0 Å². The van der Waals surface area contributed by atoms with Crippen LogP contribution in [0.4, 0.5) is 0 Å². The lowest BCUT2D eigenvalue weighted by molar-refractivity contribution is -0.137. The number of hydrogen-bond donors (Lipinski definition) is 0. The monoisotopic (exact) mass is 467 g/mol. The molecule has 2 unspecified atom stereocenters. The van der Waals surface area contributed by atoms with Crippen LogP contribution in [0.3, 0.4) is 0 Å². The summed E-state index contributed by atoms with van der Waals surface area (Å²) in [6, 6.07) is 19.0. The van der Waals surface area contributed by atoms with E-state index >= 15 is 0 Å². The predicted octanol–water partition coefficient (Wildman–Crippen LogP) is 2.74. The number of hydrogen-bond acceptors (Lipinski definition) is 4. The summed E-state index contributed by atoms with van der Waals surface area (Å²) in [5.41, 5.74) is 1.86. The second-order valence-electron chi connectivity index (χ2n) is 8.52. The van der Waals surface area contributed by atoms with Crippen molar-refractivity contribution in [2.24, 2.45) is 5.92 Å². The van der Waals surface area contributed by atoms with Gasteiger partial charge in [-0.2, -0.15) is 4.31 Å². The predicted molar refractivity (Wildman–Crippen MR) is 127 cm³/mol. The van der Waals surface area contributed by atoms with Crippen molar-refractivity contribution >= 4 is 27.9 Å². The van der Waals surface area contributed by atoms with E-state index in [1.807, 2.05) is 67.6 Å². The Kier molecular flexibility index (Phi) is 6.95. The van der Waals surface area contributed by atoms with E-state index in [0.717, 1.165) is 11.1 Å². The summed E-state index contributed by atoms with van der Waals surface area (Å²) in [7, 11) is -3.56. The van der Waals surface area contributed by atoms with Gasteiger partial charge in [0, 0.05) is 44.6 Å². The molecule has 33 heavy (non-hydrogen) atoms. The number of sulfonamides is 1. The van der Waals surface area contributed by atoms with Crippen LogP contribution in [0.15, 0.2) is 66.1 Å². The van der Waals surface area contributed by atoms with Gasteiger partial charge in [-0.1, -0.05) is 60.7 Å². The molecule has 0 N–H and O–H groups in total. The molecule has 2 atom stereocenters. The first-order valence-corrected chi connectivity index (χ1v) is 12.7. The number of nitrogens with zero attached hydrogens (tertiary/aromatic N) is 3. The maximum atomic E-state index is 13.1. The summed E-state index contributed by atoms with van der Waals surface area (Å²) in [5.74, 6) is -0.468. The Bertz CT molecular complexity index is 1110. The Labute approximate surface area is 195 Å². The van der Waals surface area contributed by atoms with Crippen molar-refractivity contribution in [3.05, 3.63) is 77.2 Å². The molecule has 8 heteroatoms. The molecule has 174 valence electrons. The maximum Gasteiger partial charge on any atom is 0.236 e. The average molecular weight is 468 g/mol. The number of rotatable bonds is 6. The van der Waals surface area contributed by atoms with Gasteiger partial charge in [-0.25, -0.2) is 8.42 Å². The Morgan fingerprint density at radius 2 is 1.58 bits per heavy atom. The Morgan fingerprint density at radius 3 is 2.21 bits per heavy atom. The minimum Gasteiger partial charge on any atom is -0.340 e. The summed E-state index contributed by atoms with van der Waals surface area (Å²) < 4.78 is 26.7. The van der Waals surface area contributed by atoms with Gasteiger partial charge in [-0.3, -0.25) is 9.59 Å². The van der Waals surface area contributed by atoms with Gasteiger partial charge in [0.05, 0.1) is 12.0 Å². The van der Waals surface area contributed by atoms with Crippen molar-refractivity contribution in [3.8, 4) is 0 Å². The van der Waals surface area contributed by atoms with E-state index in [1.54, 1.807) is 15.9 Å². The van der Waals surface area contributed by atoms with Gasteiger partial charge in [0.1, 0.15) is 0 Å². The van der Waals surface area contributed by atoms with Crippen molar-refractivity contribution in [2.75, 3.05) is 32.7 Å². The van der Waals surface area contributed by atoms with Crippen LogP contribution >= 0.6 is 0 Å². The molecule has 2 aliphatic heterocycles. The molecule has 0 radical (unpaired) electrons. The molecule has 0 aliphatic carbocycles. The molecular formula is C25H29N3O4S. The highest BCUT2D eigenvalue weighted by atomic mass is 32.2. The van der Waals surface area contributed by atoms with Crippen LogP contribution in [0.25, 0.3) is 6.08 Å². The number of likely N-dealkylation sites (tertiary alicyclic amines) is 1. The fourth-order valence-electron chi connectivity index (χ4n) is 4.42. The minimum absolute atomic E-state index is 0.0167. The summed E-state index contributed by atoms with van der Waals surface area (Å²) >= 11 is 0. The molecule has 0 bridgehead atoms. The lowest BCUT2D eigenvalue weighted by Crippen LogP contribution is -2.51. The van der Waals surface area contributed by atoms with Gasteiger partial charge in [-0.15, -0.1) is 0 Å². The molecule has 2 aromatic rings. The largest absolute Gasteiger partial charge is 0.340 e. The first-order valence-electron chi connectivity index (χ1n) is 11.2. The number of benzene rings is 2. The van der Waals surface area contributed by atoms with Crippen molar-refractivity contribution in [3.63, 3.8) is 0 Å². The highest BCUT2D eigenvalue weighted by Gasteiger charge is 2.39. The summed E-state index contributed by atoms with van der Waals surface area (Å²) in [5, 5.41) is 1.22. The standard InChI is InChI=1S/C25H29N3O4S/c1-20(22-10-6-3-7-11-22)28-19-23(18-24(28)29)25(30)26-13-15-27(16-14-26)33(31,32)17-12-21-8-4-2-5-9-21/h2-12,17,20,23H,13-16,18-19H2,1H3. The van der Waals surface area contributed by atoms with Gasteiger partial charge < -0.3 is 9.80 Å². The van der Waals surface area contributed by atoms with Crippen LogP contribution in [-0.2, 0) is 19.6 Å². The second kappa shape index (κ2) is 9.89. The molecule has 2 aliphatic rings. The quantitative estimate of drug-likeness (QED) is 0.655. The summed E-state index contributed by atoms with van der Waals surface area (Å²) in [6.07, 6.45) is 1.79. The van der Waals surface area contributed by atoms with Gasteiger partial charge in [0.2, 0.25) is 21.8 Å². The summed E-state index contributed by atoms with van der Waals surface area (Å²) in [4.78, 5) is 29.2. The average Bonchev–Trinajstić information content (AvgIpc) is 3.24. The molecular weight excluding hydrogens is 438 g/mol. The normalized spacial score (nSPS) is 21.0. The highest BCUT2D eigenvalue weighted by Crippen LogP contribution is 2.29. The molecule has 2 aromatic carbocycles. The molecule has 2 saturated heterocycles. The zero-order chi connectivity index (χ0) is 23.4. The third-order valence-electron chi connectivity index (χ3n) is 6.40. The van der Waals surface area contributed by atoms with E-state index in [4.69, 9.17) is 0 Å². The maximum absolute atomic E-state index is 13.1. The van der Waals surface area contributed by atoms with E-state index in [9.17, 15) is 18.0 Å².